The molecule has 0 spiro atoms. The van der Waals surface area contributed by atoms with Crippen LogP contribution in [0.25, 0.3) is 0 Å². The second kappa shape index (κ2) is 6.26. The number of hydrogen-bond donors (Lipinski definition) is 1. The van der Waals surface area contributed by atoms with Crippen LogP contribution in [0.5, 0.6) is 0 Å². The summed E-state index contributed by atoms with van der Waals surface area (Å²) in [6.07, 6.45) is 5.48. The van der Waals surface area contributed by atoms with Gasteiger partial charge in [0, 0.05) is 19.6 Å². The first-order valence-electron chi connectivity index (χ1n) is 5.64. The summed E-state index contributed by atoms with van der Waals surface area (Å²) in [5, 5.41) is 9.99. The molecule has 3 heteroatoms. The van der Waals surface area contributed by atoms with Crippen molar-refractivity contribution in [2.45, 2.75) is 45.0 Å². The lowest BCUT2D eigenvalue weighted by Crippen LogP contribution is -2.42. The summed E-state index contributed by atoms with van der Waals surface area (Å²) in [5.74, 6) is 0.164. The van der Waals surface area contributed by atoms with E-state index in [2.05, 4.69) is 0 Å². The molecule has 1 fully saturated rings. The first kappa shape index (κ1) is 12.7. The summed E-state index contributed by atoms with van der Waals surface area (Å²) in [7, 11) is 1.68. The molecule has 1 rings (SSSR count). The van der Waals surface area contributed by atoms with Gasteiger partial charge >= 0.3 is 0 Å². The molecule has 1 N–H and O–H groups in total. The minimum Gasteiger partial charge on any atom is -0.393 e. The van der Waals surface area contributed by atoms with Gasteiger partial charge in [-0.2, -0.15) is 0 Å². The maximum absolute atomic E-state index is 9.99. The van der Waals surface area contributed by atoms with Crippen LogP contribution in [-0.2, 0) is 9.47 Å². The van der Waals surface area contributed by atoms with E-state index in [1.165, 1.54) is 0 Å². The zero-order valence-electron chi connectivity index (χ0n) is 9.85. The first-order chi connectivity index (χ1) is 7.19. The number of methoxy groups -OCH3 is 1. The number of ether oxygens (including phenoxy) is 2. The molecular formula is C12H22O3. The number of aliphatic hydroxyl groups is 1. The lowest BCUT2D eigenvalue weighted by Gasteiger charge is -2.37. The lowest BCUT2D eigenvalue weighted by atomic mass is 9.86. The highest BCUT2D eigenvalue weighted by molar-refractivity contribution is 4.96. The van der Waals surface area contributed by atoms with Crippen molar-refractivity contribution in [3.8, 4) is 0 Å². The van der Waals surface area contributed by atoms with Gasteiger partial charge in [-0.25, -0.2) is 0 Å². The Morgan fingerprint density at radius 1 is 1.53 bits per heavy atom. The van der Waals surface area contributed by atoms with Gasteiger partial charge in [-0.05, 0) is 26.7 Å². The summed E-state index contributed by atoms with van der Waals surface area (Å²) in [6.45, 7) is 4.65. The molecule has 0 unspecified atom stereocenters. The molecule has 0 aromatic rings. The van der Waals surface area contributed by atoms with Crippen molar-refractivity contribution < 1.29 is 14.6 Å². The van der Waals surface area contributed by atoms with E-state index in [-0.39, 0.29) is 24.2 Å². The number of aliphatic hydroxyl groups excluding tert-OH is 1. The van der Waals surface area contributed by atoms with Crippen molar-refractivity contribution >= 4 is 0 Å². The van der Waals surface area contributed by atoms with Crippen LogP contribution in [0.4, 0.5) is 0 Å². The Balaban J connectivity index is 2.60. The summed E-state index contributed by atoms with van der Waals surface area (Å²) in [6, 6.07) is 0. The van der Waals surface area contributed by atoms with Crippen molar-refractivity contribution in [1.29, 1.82) is 0 Å². The number of rotatable bonds is 4. The Labute approximate surface area is 92.1 Å². The Hall–Kier alpha value is -0.380. The molecule has 1 heterocycles. The third-order valence-electron chi connectivity index (χ3n) is 2.92. The molecule has 0 aromatic heterocycles. The molecule has 0 radical (unpaired) electrons. The van der Waals surface area contributed by atoms with Gasteiger partial charge in [-0.1, -0.05) is 12.2 Å². The molecule has 88 valence electrons. The van der Waals surface area contributed by atoms with E-state index in [0.717, 1.165) is 12.8 Å². The average molecular weight is 214 g/mol. The summed E-state index contributed by atoms with van der Waals surface area (Å²) < 4.78 is 10.9. The van der Waals surface area contributed by atoms with Gasteiger partial charge in [0.15, 0.2) is 0 Å². The molecule has 0 bridgehead atoms. The molecule has 4 atom stereocenters. The third kappa shape index (κ3) is 3.59. The van der Waals surface area contributed by atoms with Crippen molar-refractivity contribution in [3.63, 3.8) is 0 Å². The predicted octanol–water partition coefficient (Wildman–Crippen LogP) is 1.75. The molecule has 15 heavy (non-hydrogen) atoms. The van der Waals surface area contributed by atoms with E-state index in [9.17, 15) is 5.11 Å². The van der Waals surface area contributed by atoms with E-state index < -0.39 is 0 Å². The Morgan fingerprint density at radius 3 is 2.87 bits per heavy atom. The van der Waals surface area contributed by atoms with Gasteiger partial charge in [0.05, 0.1) is 18.3 Å². The molecular weight excluding hydrogens is 192 g/mol. The van der Waals surface area contributed by atoms with Crippen molar-refractivity contribution in [3.05, 3.63) is 12.2 Å². The normalized spacial score (nSPS) is 37.3. The van der Waals surface area contributed by atoms with Crippen LogP contribution < -0.4 is 0 Å². The topological polar surface area (TPSA) is 38.7 Å². The van der Waals surface area contributed by atoms with Crippen LogP contribution >= 0.6 is 0 Å². The van der Waals surface area contributed by atoms with Crippen LogP contribution in [0, 0.1) is 5.92 Å². The fraction of sp³-hybridized carbons (Fsp3) is 0.833. The monoisotopic (exact) mass is 214 g/mol. The molecule has 1 saturated heterocycles. The maximum Gasteiger partial charge on any atom is 0.0813 e. The SMILES string of the molecule is C/C=C/[C@@H]1O[C@H](C)C[C@H](O)[C@H]1CCOC. The van der Waals surface area contributed by atoms with E-state index >= 15 is 0 Å². The van der Waals surface area contributed by atoms with Crippen LogP contribution in [0.1, 0.15) is 26.7 Å². The van der Waals surface area contributed by atoms with Crippen molar-refractivity contribution in [2.24, 2.45) is 5.92 Å². The lowest BCUT2D eigenvalue weighted by molar-refractivity contribution is -0.115. The molecule has 0 aromatic carbocycles. The largest absolute Gasteiger partial charge is 0.393 e. The van der Waals surface area contributed by atoms with Gasteiger partial charge in [0.25, 0.3) is 0 Å². The summed E-state index contributed by atoms with van der Waals surface area (Å²) in [5.41, 5.74) is 0. The van der Waals surface area contributed by atoms with E-state index in [0.29, 0.717) is 6.61 Å². The van der Waals surface area contributed by atoms with Gasteiger partial charge in [0.2, 0.25) is 0 Å². The van der Waals surface area contributed by atoms with E-state index in [1.807, 2.05) is 26.0 Å². The second-order valence-electron chi connectivity index (χ2n) is 4.19. The summed E-state index contributed by atoms with van der Waals surface area (Å²) in [4.78, 5) is 0. The van der Waals surface area contributed by atoms with Crippen molar-refractivity contribution in [2.75, 3.05) is 13.7 Å². The zero-order chi connectivity index (χ0) is 11.3. The van der Waals surface area contributed by atoms with Crippen LogP contribution in [0.3, 0.4) is 0 Å². The number of hydrogen-bond acceptors (Lipinski definition) is 3. The summed E-state index contributed by atoms with van der Waals surface area (Å²) >= 11 is 0. The Morgan fingerprint density at radius 2 is 2.27 bits per heavy atom. The predicted molar refractivity (Wildman–Crippen MR) is 59.8 cm³/mol. The molecule has 0 amide bonds. The second-order valence-corrected chi connectivity index (χ2v) is 4.19. The Bertz CT molecular complexity index is 203. The van der Waals surface area contributed by atoms with Crippen LogP contribution in [-0.4, -0.2) is 37.1 Å². The number of allylic oxidation sites excluding steroid dienone is 1. The molecule has 0 saturated carbocycles. The third-order valence-corrected chi connectivity index (χ3v) is 2.92. The zero-order valence-corrected chi connectivity index (χ0v) is 9.85. The standard InChI is InChI=1S/C12H22O3/c1-4-5-12-10(6-7-14-3)11(13)8-9(2)15-12/h4-5,9-13H,6-8H2,1-3H3/b5-4+/t9-,10-,11+,12+/m1/s1. The fourth-order valence-corrected chi connectivity index (χ4v) is 2.15. The highest BCUT2D eigenvalue weighted by Crippen LogP contribution is 2.28. The minimum atomic E-state index is -0.273. The van der Waals surface area contributed by atoms with Crippen molar-refractivity contribution in [1.82, 2.24) is 0 Å². The van der Waals surface area contributed by atoms with Crippen LogP contribution in [0.15, 0.2) is 12.2 Å². The highest BCUT2D eigenvalue weighted by atomic mass is 16.5. The molecule has 0 aliphatic carbocycles. The highest BCUT2D eigenvalue weighted by Gasteiger charge is 2.34. The molecule has 1 aliphatic heterocycles. The van der Waals surface area contributed by atoms with Gasteiger partial charge in [0.1, 0.15) is 0 Å². The smallest absolute Gasteiger partial charge is 0.0813 e. The average Bonchev–Trinajstić information content (AvgIpc) is 2.17. The fourth-order valence-electron chi connectivity index (χ4n) is 2.15. The van der Waals surface area contributed by atoms with Gasteiger partial charge in [-0.3, -0.25) is 0 Å². The first-order valence-corrected chi connectivity index (χ1v) is 5.64. The molecule has 3 nitrogen and oxygen atoms in total. The Kier molecular flexibility index (Phi) is 5.29. The molecule has 1 aliphatic rings. The van der Waals surface area contributed by atoms with Gasteiger partial charge in [-0.15, -0.1) is 0 Å². The van der Waals surface area contributed by atoms with E-state index in [4.69, 9.17) is 9.47 Å². The maximum atomic E-state index is 9.99. The quantitative estimate of drug-likeness (QED) is 0.725. The van der Waals surface area contributed by atoms with Crippen LogP contribution in [0.2, 0.25) is 0 Å². The van der Waals surface area contributed by atoms with E-state index in [1.54, 1.807) is 7.11 Å². The van der Waals surface area contributed by atoms with Gasteiger partial charge < -0.3 is 14.6 Å². The minimum absolute atomic E-state index is 0.0314.